The van der Waals surface area contributed by atoms with Gasteiger partial charge in [-0.3, -0.25) is 0 Å². The Morgan fingerprint density at radius 2 is 2.14 bits per heavy atom. The Kier molecular flexibility index (Phi) is 3.27. The molecule has 0 spiro atoms. The molecule has 2 unspecified atom stereocenters. The topological polar surface area (TPSA) is 59.5 Å². The van der Waals surface area contributed by atoms with Gasteiger partial charge in [-0.25, -0.2) is 9.50 Å². The summed E-state index contributed by atoms with van der Waals surface area (Å²) >= 11 is 0. The van der Waals surface area contributed by atoms with Crippen LogP contribution in [0.25, 0.3) is 5.52 Å². The predicted molar refractivity (Wildman–Crippen MR) is 72.0 cm³/mol. The molecule has 1 fully saturated rings. The zero-order valence-electron chi connectivity index (χ0n) is 11.5. The molecule has 0 amide bonds. The first kappa shape index (κ1) is 14.1. The van der Waals surface area contributed by atoms with E-state index < -0.39 is 11.9 Å². The van der Waals surface area contributed by atoms with Crippen LogP contribution in [0.15, 0.2) is 18.5 Å². The molecule has 1 saturated heterocycles. The third-order valence-electron chi connectivity index (χ3n) is 3.98. The van der Waals surface area contributed by atoms with E-state index in [1.807, 2.05) is 4.90 Å². The van der Waals surface area contributed by atoms with Gasteiger partial charge in [0.15, 0.2) is 11.5 Å². The molecule has 8 heteroatoms. The van der Waals surface area contributed by atoms with E-state index in [2.05, 4.69) is 17.0 Å². The zero-order chi connectivity index (χ0) is 15.2. The smallest absolute Gasteiger partial charge is 0.353 e. The highest BCUT2D eigenvalue weighted by atomic mass is 19.4. The van der Waals surface area contributed by atoms with Crippen molar-refractivity contribution in [3.05, 3.63) is 24.2 Å². The lowest BCUT2D eigenvalue weighted by Crippen LogP contribution is -2.48. The molecule has 3 rings (SSSR count). The third-order valence-corrected chi connectivity index (χ3v) is 3.98. The fraction of sp³-hybridized carbons (Fsp3) is 0.538. The van der Waals surface area contributed by atoms with Crippen molar-refractivity contribution in [1.29, 1.82) is 0 Å². The Morgan fingerprint density at radius 1 is 1.38 bits per heavy atom. The summed E-state index contributed by atoms with van der Waals surface area (Å²) in [6.45, 7) is 3.39. The Bertz CT molecular complexity index is 651. The van der Waals surface area contributed by atoms with Gasteiger partial charge >= 0.3 is 6.18 Å². The van der Waals surface area contributed by atoms with E-state index in [1.54, 1.807) is 0 Å². The van der Waals surface area contributed by atoms with Gasteiger partial charge in [0.25, 0.3) is 0 Å². The van der Waals surface area contributed by atoms with Crippen LogP contribution in [-0.4, -0.2) is 33.7 Å². The molecule has 1 aliphatic heterocycles. The maximum atomic E-state index is 12.8. The Labute approximate surface area is 119 Å². The van der Waals surface area contributed by atoms with Gasteiger partial charge in [0.2, 0.25) is 0 Å². The average molecular weight is 299 g/mol. The van der Waals surface area contributed by atoms with Crippen LogP contribution >= 0.6 is 0 Å². The monoisotopic (exact) mass is 299 g/mol. The first-order chi connectivity index (χ1) is 9.86. The van der Waals surface area contributed by atoms with Gasteiger partial charge in [-0.2, -0.15) is 18.3 Å². The molecule has 0 radical (unpaired) electrons. The molecule has 2 atom stereocenters. The standard InChI is InChI=1S/C13H16F3N5/c1-8-2-4-20(7-9(8)17)12-10-6-11(13(14,15)16)19-21(10)5-3-18-12/h3,5-6,8-9H,2,4,7,17H2,1H3. The van der Waals surface area contributed by atoms with Crippen LogP contribution < -0.4 is 10.6 Å². The summed E-state index contributed by atoms with van der Waals surface area (Å²) in [5.41, 5.74) is 5.50. The van der Waals surface area contributed by atoms with Crippen molar-refractivity contribution in [1.82, 2.24) is 14.6 Å². The summed E-state index contributed by atoms with van der Waals surface area (Å²) in [6, 6.07) is 1.03. The van der Waals surface area contributed by atoms with E-state index in [0.717, 1.165) is 19.0 Å². The van der Waals surface area contributed by atoms with E-state index in [1.165, 1.54) is 16.9 Å². The molecular weight excluding hydrogens is 283 g/mol. The number of nitrogens with zero attached hydrogens (tertiary/aromatic N) is 4. The molecule has 0 saturated carbocycles. The largest absolute Gasteiger partial charge is 0.435 e. The lowest BCUT2D eigenvalue weighted by molar-refractivity contribution is -0.141. The first-order valence-electron chi connectivity index (χ1n) is 6.78. The molecule has 0 aromatic carbocycles. The number of anilines is 1. The third kappa shape index (κ3) is 2.55. The van der Waals surface area contributed by atoms with Crippen LogP contribution in [0.2, 0.25) is 0 Å². The van der Waals surface area contributed by atoms with Crippen LogP contribution in [-0.2, 0) is 6.18 Å². The van der Waals surface area contributed by atoms with E-state index in [4.69, 9.17) is 5.73 Å². The Morgan fingerprint density at radius 3 is 2.81 bits per heavy atom. The number of hydrogen-bond acceptors (Lipinski definition) is 4. The van der Waals surface area contributed by atoms with E-state index in [9.17, 15) is 13.2 Å². The van der Waals surface area contributed by atoms with Gasteiger partial charge in [-0.1, -0.05) is 6.92 Å². The molecule has 0 bridgehead atoms. The minimum absolute atomic E-state index is 0.00851. The van der Waals surface area contributed by atoms with Crippen LogP contribution in [0.5, 0.6) is 0 Å². The number of halogens is 3. The highest BCUT2D eigenvalue weighted by Crippen LogP contribution is 2.31. The summed E-state index contributed by atoms with van der Waals surface area (Å²) < 4.78 is 39.6. The average Bonchev–Trinajstić information content (AvgIpc) is 2.86. The highest BCUT2D eigenvalue weighted by Gasteiger charge is 2.35. The SMILES string of the molecule is CC1CCN(c2nccn3nc(C(F)(F)F)cc23)CC1N. The predicted octanol–water partition coefficient (Wildman–Crippen LogP) is 1.92. The fourth-order valence-corrected chi connectivity index (χ4v) is 2.58. The van der Waals surface area contributed by atoms with E-state index >= 15 is 0 Å². The van der Waals surface area contributed by atoms with Crippen LogP contribution in [0.3, 0.4) is 0 Å². The molecule has 2 aromatic rings. The van der Waals surface area contributed by atoms with Gasteiger partial charge in [0.1, 0.15) is 5.52 Å². The van der Waals surface area contributed by atoms with Gasteiger partial charge in [-0.05, 0) is 12.3 Å². The van der Waals surface area contributed by atoms with Crippen molar-refractivity contribution < 1.29 is 13.2 Å². The maximum Gasteiger partial charge on any atom is 0.435 e. The van der Waals surface area contributed by atoms with Crippen LogP contribution in [0.4, 0.5) is 19.0 Å². The first-order valence-corrected chi connectivity index (χ1v) is 6.78. The van der Waals surface area contributed by atoms with Gasteiger partial charge < -0.3 is 10.6 Å². The molecular formula is C13H16F3N5. The number of nitrogens with two attached hydrogens (primary N) is 1. The van der Waals surface area contributed by atoms with Gasteiger partial charge in [-0.15, -0.1) is 0 Å². The second-order valence-electron chi connectivity index (χ2n) is 5.48. The number of aromatic nitrogens is 3. The molecule has 2 N–H and O–H groups in total. The van der Waals surface area contributed by atoms with Crippen LogP contribution in [0.1, 0.15) is 19.0 Å². The number of hydrogen-bond donors (Lipinski definition) is 1. The minimum Gasteiger partial charge on any atom is -0.353 e. The van der Waals surface area contributed by atoms with Crippen molar-refractivity contribution in [3.63, 3.8) is 0 Å². The quantitative estimate of drug-likeness (QED) is 0.874. The Balaban J connectivity index is 2.01. The molecule has 0 aliphatic carbocycles. The van der Waals surface area contributed by atoms with Gasteiger partial charge in [0, 0.05) is 37.6 Å². The number of rotatable bonds is 1. The highest BCUT2D eigenvalue weighted by molar-refractivity contribution is 5.69. The molecule has 5 nitrogen and oxygen atoms in total. The normalized spacial score (nSPS) is 23.8. The summed E-state index contributed by atoms with van der Waals surface area (Å²) in [4.78, 5) is 6.16. The van der Waals surface area contributed by atoms with Crippen molar-refractivity contribution >= 4 is 11.3 Å². The fourth-order valence-electron chi connectivity index (χ4n) is 2.58. The summed E-state index contributed by atoms with van der Waals surface area (Å²) in [6.07, 6.45) is -0.695. The van der Waals surface area contributed by atoms with Crippen molar-refractivity contribution in [2.24, 2.45) is 11.7 Å². The second kappa shape index (κ2) is 4.87. The number of fused-ring (bicyclic) bond motifs is 1. The number of alkyl halides is 3. The van der Waals surface area contributed by atoms with Crippen molar-refractivity contribution in [2.45, 2.75) is 25.6 Å². The van der Waals surface area contributed by atoms with Crippen LogP contribution in [0, 0.1) is 5.92 Å². The number of piperidine rings is 1. The van der Waals surface area contributed by atoms with E-state index in [0.29, 0.717) is 23.8 Å². The van der Waals surface area contributed by atoms with Crippen molar-refractivity contribution in [3.8, 4) is 0 Å². The van der Waals surface area contributed by atoms with Gasteiger partial charge in [0.05, 0.1) is 0 Å². The lowest BCUT2D eigenvalue weighted by atomic mass is 9.94. The molecule has 1 aliphatic rings. The lowest BCUT2D eigenvalue weighted by Gasteiger charge is -2.35. The molecule has 21 heavy (non-hydrogen) atoms. The second-order valence-corrected chi connectivity index (χ2v) is 5.48. The summed E-state index contributed by atoms with van der Waals surface area (Å²) in [5, 5.41) is 3.57. The molecule has 3 heterocycles. The van der Waals surface area contributed by atoms with Crippen molar-refractivity contribution in [2.75, 3.05) is 18.0 Å². The summed E-state index contributed by atoms with van der Waals surface area (Å²) in [5.74, 6) is 0.902. The molecule has 114 valence electrons. The zero-order valence-corrected chi connectivity index (χ0v) is 11.5. The van der Waals surface area contributed by atoms with E-state index in [-0.39, 0.29) is 6.04 Å². The maximum absolute atomic E-state index is 12.8. The summed E-state index contributed by atoms with van der Waals surface area (Å²) in [7, 11) is 0. The Hall–Kier alpha value is -1.83. The molecule has 2 aromatic heterocycles. The minimum atomic E-state index is -4.46.